The molecule has 2 fully saturated rings. The molecular weight excluding hydrogens is 274 g/mol. The summed E-state index contributed by atoms with van der Waals surface area (Å²) in [5.74, 6) is 2.51. The molecule has 1 aliphatic heterocycles. The number of hydrogen-bond donors (Lipinski definition) is 1. The van der Waals surface area contributed by atoms with Crippen molar-refractivity contribution < 1.29 is 5.11 Å². The smallest absolute Gasteiger partial charge is 0.0644 e. The van der Waals surface area contributed by atoms with E-state index in [-0.39, 0.29) is 6.61 Å². The largest absolute Gasteiger partial charge is 0.394 e. The summed E-state index contributed by atoms with van der Waals surface area (Å²) >= 11 is 0. The van der Waals surface area contributed by atoms with E-state index in [1.165, 1.54) is 63.9 Å². The lowest BCUT2D eigenvalue weighted by atomic mass is 9.82. The minimum absolute atomic E-state index is 0.174. The fourth-order valence-electron chi connectivity index (χ4n) is 4.26. The average Bonchev–Trinajstić information content (AvgIpc) is 2.99. The van der Waals surface area contributed by atoms with Crippen LogP contribution in [-0.2, 0) is 6.54 Å². The van der Waals surface area contributed by atoms with E-state index in [0.717, 1.165) is 11.8 Å². The molecule has 0 spiro atoms. The highest BCUT2D eigenvalue weighted by atomic mass is 16.3. The molecule has 0 radical (unpaired) electrons. The number of rotatable bonds is 5. The van der Waals surface area contributed by atoms with Crippen LogP contribution in [0, 0.1) is 11.8 Å². The van der Waals surface area contributed by atoms with Crippen molar-refractivity contribution in [3.63, 3.8) is 0 Å². The molecule has 3 rings (SSSR count). The second kappa shape index (κ2) is 7.60. The second-order valence-corrected chi connectivity index (χ2v) is 7.40. The quantitative estimate of drug-likeness (QED) is 0.909. The third-order valence-electron chi connectivity index (χ3n) is 5.72. The average molecular weight is 305 g/mol. The van der Waals surface area contributed by atoms with Crippen LogP contribution in [0.3, 0.4) is 0 Å². The van der Waals surface area contributed by atoms with Gasteiger partial charge in [-0.3, -0.25) is 4.68 Å². The molecule has 0 bridgehead atoms. The number of aromatic nitrogens is 2. The van der Waals surface area contributed by atoms with Crippen LogP contribution in [0.15, 0.2) is 12.3 Å². The zero-order valence-electron chi connectivity index (χ0n) is 14.0. The van der Waals surface area contributed by atoms with Crippen LogP contribution in [0.1, 0.15) is 57.1 Å². The maximum Gasteiger partial charge on any atom is 0.0644 e. The number of hydrogen-bond acceptors (Lipinski definition) is 3. The standard InChI is InChI=1S/C18H31N3O/c1-15-2-4-16(5-3-15)14-20-10-7-17(8-11-20)18-6-9-19-21(18)12-13-22/h6,9,15-17,22H,2-5,7-8,10-14H2,1H3. The zero-order valence-corrected chi connectivity index (χ0v) is 14.0. The molecule has 1 saturated heterocycles. The second-order valence-electron chi connectivity index (χ2n) is 7.40. The van der Waals surface area contributed by atoms with E-state index in [1.54, 1.807) is 0 Å². The van der Waals surface area contributed by atoms with Crippen LogP contribution in [0.5, 0.6) is 0 Å². The summed E-state index contributed by atoms with van der Waals surface area (Å²) in [4.78, 5) is 2.68. The van der Waals surface area contributed by atoms with Crippen molar-refractivity contribution in [1.82, 2.24) is 14.7 Å². The van der Waals surface area contributed by atoms with E-state index in [9.17, 15) is 0 Å². The van der Waals surface area contributed by atoms with Crippen LogP contribution in [0.25, 0.3) is 0 Å². The lowest BCUT2D eigenvalue weighted by Crippen LogP contribution is -2.37. The SMILES string of the molecule is CC1CCC(CN2CCC(c3ccnn3CCO)CC2)CC1. The Balaban J connectivity index is 1.47. The molecule has 1 saturated carbocycles. The summed E-state index contributed by atoms with van der Waals surface area (Å²) in [5, 5.41) is 13.5. The minimum atomic E-state index is 0.174. The number of likely N-dealkylation sites (tertiary alicyclic amines) is 1. The molecule has 4 heteroatoms. The van der Waals surface area contributed by atoms with Crippen LogP contribution in [0.4, 0.5) is 0 Å². The Morgan fingerprint density at radius 1 is 1.14 bits per heavy atom. The van der Waals surface area contributed by atoms with Crippen molar-refractivity contribution in [3.8, 4) is 0 Å². The minimum Gasteiger partial charge on any atom is -0.394 e. The summed E-state index contributed by atoms with van der Waals surface area (Å²) < 4.78 is 1.99. The predicted octanol–water partition coefficient (Wildman–Crippen LogP) is 2.88. The fourth-order valence-corrected chi connectivity index (χ4v) is 4.26. The summed E-state index contributed by atoms with van der Waals surface area (Å²) in [6.07, 6.45) is 10.1. The third kappa shape index (κ3) is 3.90. The van der Waals surface area contributed by atoms with E-state index >= 15 is 0 Å². The highest BCUT2D eigenvalue weighted by Gasteiger charge is 2.26. The van der Waals surface area contributed by atoms with Crippen molar-refractivity contribution >= 4 is 0 Å². The van der Waals surface area contributed by atoms with Gasteiger partial charge in [0.15, 0.2) is 0 Å². The fraction of sp³-hybridized carbons (Fsp3) is 0.833. The van der Waals surface area contributed by atoms with Gasteiger partial charge in [-0.1, -0.05) is 19.8 Å². The molecule has 124 valence electrons. The Hall–Kier alpha value is -0.870. The van der Waals surface area contributed by atoms with Crippen molar-refractivity contribution in [2.75, 3.05) is 26.2 Å². The van der Waals surface area contributed by atoms with Gasteiger partial charge in [-0.05, 0) is 56.7 Å². The highest BCUT2D eigenvalue weighted by Crippen LogP contribution is 2.32. The number of piperidine rings is 1. The first-order valence-electron chi connectivity index (χ1n) is 9.11. The molecule has 0 atom stereocenters. The number of nitrogens with zero attached hydrogens (tertiary/aromatic N) is 3. The Morgan fingerprint density at radius 3 is 2.55 bits per heavy atom. The molecule has 1 aliphatic carbocycles. The molecule has 1 aromatic heterocycles. The first-order chi connectivity index (χ1) is 10.8. The van der Waals surface area contributed by atoms with Gasteiger partial charge in [0.25, 0.3) is 0 Å². The van der Waals surface area contributed by atoms with Crippen molar-refractivity contribution in [2.45, 2.75) is 57.9 Å². The molecule has 2 heterocycles. The Kier molecular flexibility index (Phi) is 5.53. The molecule has 22 heavy (non-hydrogen) atoms. The van der Waals surface area contributed by atoms with Gasteiger partial charge >= 0.3 is 0 Å². The van der Waals surface area contributed by atoms with Gasteiger partial charge in [-0.2, -0.15) is 5.10 Å². The predicted molar refractivity (Wildman–Crippen MR) is 88.8 cm³/mol. The van der Waals surface area contributed by atoms with Crippen LogP contribution in [0.2, 0.25) is 0 Å². The molecule has 2 aliphatic rings. The zero-order chi connectivity index (χ0) is 15.4. The van der Waals surface area contributed by atoms with Gasteiger partial charge in [0.05, 0.1) is 13.2 Å². The van der Waals surface area contributed by atoms with E-state index in [4.69, 9.17) is 5.11 Å². The van der Waals surface area contributed by atoms with E-state index in [2.05, 4.69) is 23.0 Å². The maximum absolute atomic E-state index is 9.13. The summed E-state index contributed by atoms with van der Waals surface area (Å²) in [7, 11) is 0. The molecule has 0 amide bonds. The molecule has 1 N–H and O–H groups in total. The normalized spacial score (nSPS) is 28.1. The van der Waals surface area contributed by atoms with Crippen LogP contribution in [-0.4, -0.2) is 46.0 Å². The van der Waals surface area contributed by atoms with Gasteiger partial charge in [0.2, 0.25) is 0 Å². The molecule has 1 aromatic rings. The van der Waals surface area contributed by atoms with Gasteiger partial charge in [-0.15, -0.1) is 0 Å². The van der Waals surface area contributed by atoms with Crippen molar-refractivity contribution in [3.05, 3.63) is 18.0 Å². The lowest BCUT2D eigenvalue weighted by molar-refractivity contribution is 0.151. The number of aliphatic hydroxyl groups is 1. The maximum atomic E-state index is 9.13. The molecule has 0 unspecified atom stereocenters. The summed E-state index contributed by atoms with van der Waals surface area (Å²) in [5.41, 5.74) is 1.32. The van der Waals surface area contributed by atoms with E-state index in [0.29, 0.717) is 12.5 Å². The van der Waals surface area contributed by atoms with Crippen molar-refractivity contribution in [2.24, 2.45) is 11.8 Å². The topological polar surface area (TPSA) is 41.3 Å². The first kappa shape index (κ1) is 16.0. The lowest BCUT2D eigenvalue weighted by Gasteiger charge is -2.36. The van der Waals surface area contributed by atoms with Gasteiger partial charge in [0, 0.05) is 24.4 Å². The Bertz CT molecular complexity index is 443. The summed E-state index contributed by atoms with van der Waals surface area (Å²) in [6, 6.07) is 2.14. The first-order valence-corrected chi connectivity index (χ1v) is 9.11. The molecule has 0 aromatic carbocycles. The van der Waals surface area contributed by atoms with Gasteiger partial charge in [0.1, 0.15) is 0 Å². The Morgan fingerprint density at radius 2 is 1.86 bits per heavy atom. The third-order valence-corrected chi connectivity index (χ3v) is 5.72. The Labute approximate surface area is 134 Å². The van der Waals surface area contributed by atoms with Crippen molar-refractivity contribution in [1.29, 1.82) is 0 Å². The van der Waals surface area contributed by atoms with E-state index in [1.807, 2.05) is 10.9 Å². The van der Waals surface area contributed by atoms with Gasteiger partial charge < -0.3 is 10.0 Å². The van der Waals surface area contributed by atoms with Crippen LogP contribution < -0.4 is 0 Å². The molecular formula is C18H31N3O. The highest BCUT2D eigenvalue weighted by molar-refractivity contribution is 5.09. The van der Waals surface area contributed by atoms with Crippen LogP contribution >= 0.6 is 0 Å². The van der Waals surface area contributed by atoms with Gasteiger partial charge in [-0.25, -0.2) is 0 Å². The monoisotopic (exact) mass is 305 g/mol. The number of aliphatic hydroxyl groups excluding tert-OH is 1. The van der Waals surface area contributed by atoms with E-state index < -0.39 is 0 Å². The molecule has 4 nitrogen and oxygen atoms in total. The summed E-state index contributed by atoms with van der Waals surface area (Å²) in [6.45, 7) is 6.96.